The van der Waals surface area contributed by atoms with Crippen molar-refractivity contribution in [1.29, 1.82) is 0 Å². The number of hydrogen-bond donors (Lipinski definition) is 3. The van der Waals surface area contributed by atoms with Crippen LogP contribution in [-0.4, -0.2) is 34.5 Å². The van der Waals surface area contributed by atoms with Gasteiger partial charge in [0.1, 0.15) is 11.2 Å². The van der Waals surface area contributed by atoms with Gasteiger partial charge in [-0.1, -0.05) is 12.1 Å². The fourth-order valence-electron chi connectivity index (χ4n) is 1.69. The summed E-state index contributed by atoms with van der Waals surface area (Å²) in [5.41, 5.74) is -0.147. The minimum atomic E-state index is -0.858. The van der Waals surface area contributed by atoms with Crippen LogP contribution in [0.3, 0.4) is 0 Å². The summed E-state index contributed by atoms with van der Waals surface area (Å²) in [6.07, 6.45) is -1.62. The highest BCUT2D eigenvalue weighted by molar-refractivity contribution is 6.06. The molecule has 8 nitrogen and oxygen atoms in total. The number of ether oxygens (including phenoxy) is 2. The molecule has 0 fully saturated rings. The van der Waals surface area contributed by atoms with Gasteiger partial charge in [-0.25, -0.2) is 9.59 Å². The fourth-order valence-corrected chi connectivity index (χ4v) is 1.69. The predicted molar refractivity (Wildman–Crippen MR) is 99.0 cm³/mol. The first kappa shape index (κ1) is 21.4. The number of amides is 2. The number of guanidine groups is 1. The van der Waals surface area contributed by atoms with Crippen molar-refractivity contribution in [3.05, 3.63) is 29.8 Å². The minimum absolute atomic E-state index is 0.0880. The van der Waals surface area contributed by atoms with Gasteiger partial charge < -0.3 is 19.9 Å². The molecule has 0 radical (unpaired) electrons. The Balaban J connectivity index is 2.96. The second-order valence-electron chi connectivity index (χ2n) is 7.55. The van der Waals surface area contributed by atoms with E-state index in [9.17, 15) is 9.59 Å². The fraction of sp³-hybridized carbons (Fsp3) is 0.500. The second kappa shape index (κ2) is 8.66. The molecular formula is C18H27N3O5. The van der Waals surface area contributed by atoms with Crippen LogP contribution in [0.1, 0.15) is 47.1 Å². The first-order valence-corrected chi connectivity index (χ1v) is 8.16. The smallest absolute Gasteiger partial charge is 0.437 e. The summed E-state index contributed by atoms with van der Waals surface area (Å²) in [7, 11) is 0. The third-order valence-corrected chi connectivity index (χ3v) is 2.62. The van der Waals surface area contributed by atoms with E-state index < -0.39 is 23.4 Å². The number of rotatable bonds is 2. The summed E-state index contributed by atoms with van der Waals surface area (Å²) in [6, 6.07) is 6.74. The van der Waals surface area contributed by atoms with Crippen LogP contribution < -0.4 is 10.6 Å². The van der Waals surface area contributed by atoms with Crippen LogP contribution in [0.25, 0.3) is 0 Å². The molecular weight excluding hydrogens is 338 g/mol. The summed E-state index contributed by atoms with van der Waals surface area (Å²) in [6.45, 7) is 10.2. The predicted octanol–water partition coefficient (Wildman–Crippen LogP) is 3.41. The van der Waals surface area contributed by atoms with E-state index in [2.05, 4.69) is 15.6 Å². The van der Waals surface area contributed by atoms with Crippen LogP contribution in [0.5, 0.6) is 0 Å². The standard InChI is InChI=1S/C18H27N3O5/c1-17(2,3)25-15(23)20-14(21-16(24)26-18(4,5)6)19-13-9-7-12(11-22)8-10-13/h7-10,22H,11H2,1-6H3,(H2,19,20,21,23,24). The van der Waals surface area contributed by atoms with Crippen LogP contribution in [0.2, 0.25) is 0 Å². The van der Waals surface area contributed by atoms with Gasteiger partial charge in [-0.3, -0.25) is 5.32 Å². The zero-order valence-electron chi connectivity index (χ0n) is 16.0. The molecule has 0 saturated heterocycles. The van der Waals surface area contributed by atoms with E-state index >= 15 is 0 Å². The molecule has 3 N–H and O–H groups in total. The van der Waals surface area contributed by atoms with Crippen molar-refractivity contribution >= 4 is 23.8 Å². The maximum absolute atomic E-state index is 12.0. The summed E-state index contributed by atoms with van der Waals surface area (Å²) in [5.74, 6) is -0.134. The molecule has 26 heavy (non-hydrogen) atoms. The maximum Gasteiger partial charge on any atom is 0.437 e. The summed E-state index contributed by atoms with van der Waals surface area (Å²) >= 11 is 0. The normalized spacial score (nSPS) is 12.3. The van der Waals surface area contributed by atoms with Crippen molar-refractivity contribution in [2.24, 2.45) is 4.99 Å². The number of nitrogens with one attached hydrogen (secondary N) is 2. The van der Waals surface area contributed by atoms with Crippen molar-refractivity contribution in [1.82, 2.24) is 5.32 Å². The number of carbonyl (C=O) groups excluding carboxylic acids is 2. The van der Waals surface area contributed by atoms with E-state index in [0.717, 1.165) is 5.56 Å². The van der Waals surface area contributed by atoms with Crippen LogP contribution in [0.15, 0.2) is 29.3 Å². The van der Waals surface area contributed by atoms with Crippen molar-refractivity contribution in [3.63, 3.8) is 0 Å². The summed E-state index contributed by atoms with van der Waals surface area (Å²) in [4.78, 5) is 27.7. The van der Waals surface area contributed by atoms with E-state index in [4.69, 9.17) is 14.6 Å². The highest BCUT2D eigenvalue weighted by Gasteiger charge is 2.20. The molecule has 1 aromatic carbocycles. The molecule has 0 saturated carbocycles. The average Bonchev–Trinajstić information content (AvgIpc) is 2.43. The molecule has 0 aliphatic heterocycles. The molecule has 0 aliphatic carbocycles. The lowest BCUT2D eigenvalue weighted by Gasteiger charge is -2.21. The number of alkyl carbamates (subject to hydrolysis) is 1. The lowest BCUT2D eigenvalue weighted by Crippen LogP contribution is -2.40. The van der Waals surface area contributed by atoms with Gasteiger partial charge in [-0.15, -0.1) is 4.99 Å². The molecule has 0 atom stereocenters. The number of anilines is 1. The van der Waals surface area contributed by atoms with Gasteiger partial charge >= 0.3 is 12.2 Å². The zero-order valence-corrected chi connectivity index (χ0v) is 16.0. The molecule has 1 rings (SSSR count). The van der Waals surface area contributed by atoms with Crippen LogP contribution in [0, 0.1) is 0 Å². The lowest BCUT2D eigenvalue weighted by molar-refractivity contribution is 0.0562. The van der Waals surface area contributed by atoms with Gasteiger partial charge in [0, 0.05) is 5.69 Å². The average molecular weight is 365 g/mol. The third-order valence-electron chi connectivity index (χ3n) is 2.62. The van der Waals surface area contributed by atoms with Gasteiger partial charge in [0.2, 0.25) is 5.96 Å². The Labute approximate surface area is 153 Å². The zero-order chi connectivity index (χ0) is 20.0. The molecule has 0 aliphatic rings. The van der Waals surface area contributed by atoms with Crippen molar-refractivity contribution < 1.29 is 24.2 Å². The molecule has 0 unspecified atom stereocenters. The van der Waals surface area contributed by atoms with E-state index in [0.29, 0.717) is 5.69 Å². The quantitative estimate of drug-likeness (QED) is 0.547. The van der Waals surface area contributed by atoms with Gasteiger partial charge in [0.05, 0.1) is 6.61 Å². The Hall–Kier alpha value is -2.61. The lowest BCUT2D eigenvalue weighted by atomic mass is 10.2. The van der Waals surface area contributed by atoms with Gasteiger partial charge in [0.15, 0.2) is 0 Å². The molecule has 8 heteroatoms. The van der Waals surface area contributed by atoms with Gasteiger partial charge in [-0.05, 0) is 59.2 Å². The number of hydrogen-bond acceptors (Lipinski definition) is 5. The van der Waals surface area contributed by atoms with Crippen LogP contribution >= 0.6 is 0 Å². The van der Waals surface area contributed by atoms with E-state index in [1.807, 2.05) is 0 Å². The monoisotopic (exact) mass is 365 g/mol. The Bertz CT molecular complexity index is 655. The largest absolute Gasteiger partial charge is 0.444 e. The number of aliphatic hydroxyl groups excluding tert-OH is 1. The molecule has 0 heterocycles. The number of carbonyl (C=O) groups is 2. The van der Waals surface area contributed by atoms with Crippen molar-refractivity contribution in [3.8, 4) is 0 Å². The number of nitrogens with zero attached hydrogens (tertiary/aromatic N) is 1. The Kier molecular flexibility index (Phi) is 7.14. The molecule has 1 aromatic rings. The summed E-state index contributed by atoms with van der Waals surface area (Å²) < 4.78 is 10.3. The van der Waals surface area contributed by atoms with Gasteiger partial charge in [0.25, 0.3) is 0 Å². The minimum Gasteiger partial charge on any atom is -0.444 e. The topological polar surface area (TPSA) is 109 Å². The Morgan fingerprint density at radius 1 is 1.00 bits per heavy atom. The number of benzene rings is 1. The van der Waals surface area contributed by atoms with Gasteiger partial charge in [-0.2, -0.15) is 0 Å². The van der Waals surface area contributed by atoms with Crippen molar-refractivity contribution in [2.75, 3.05) is 5.32 Å². The molecule has 0 bridgehead atoms. The second-order valence-corrected chi connectivity index (χ2v) is 7.55. The maximum atomic E-state index is 12.0. The Morgan fingerprint density at radius 2 is 1.54 bits per heavy atom. The Morgan fingerprint density at radius 3 is 2.00 bits per heavy atom. The molecule has 0 aromatic heterocycles. The first-order chi connectivity index (χ1) is 11.9. The molecule has 2 amide bonds. The first-order valence-electron chi connectivity index (χ1n) is 8.16. The van der Waals surface area contributed by atoms with E-state index in [1.54, 1.807) is 65.8 Å². The van der Waals surface area contributed by atoms with Crippen LogP contribution in [0.4, 0.5) is 15.3 Å². The molecule has 0 spiro atoms. The van der Waals surface area contributed by atoms with Crippen molar-refractivity contribution in [2.45, 2.75) is 59.4 Å². The molecule has 144 valence electrons. The highest BCUT2D eigenvalue weighted by atomic mass is 16.6. The highest BCUT2D eigenvalue weighted by Crippen LogP contribution is 2.12. The summed E-state index contributed by atoms with van der Waals surface area (Å²) in [5, 5.41) is 14.3. The number of aliphatic imine (C=N–C) groups is 1. The third kappa shape index (κ3) is 9.03. The number of aliphatic hydroxyl groups is 1. The van der Waals surface area contributed by atoms with E-state index in [1.165, 1.54) is 0 Å². The van der Waals surface area contributed by atoms with E-state index in [-0.39, 0.29) is 12.6 Å². The SMILES string of the molecule is CC(C)(C)OC(=O)N=C(NC(=O)OC(C)(C)C)Nc1ccc(CO)cc1. The van der Waals surface area contributed by atoms with Crippen LogP contribution in [-0.2, 0) is 16.1 Å².